The molecule has 0 bridgehead atoms. The molecule has 2 aromatic rings. The molecule has 5 nitrogen and oxygen atoms in total. The normalized spacial score (nSPS) is 24.1. The highest BCUT2D eigenvalue weighted by Gasteiger charge is 2.49. The van der Waals surface area contributed by atoms with Crippen LogP contribution in [0.5, 0.6) is 0 Å². The second kappa shape index (κ2) is 6.86. The van der Waals surface area contributed by atoms with Gasteiger partial charge in [0.25, 0.3) is 5.91 Å². The Balaban J connectivity index is 1.56. The predicted octanol–water partition coefficient (Wildman–Crippen LogP) is 3.76. The molecule has 2 atom stereocenters. The largest absolute Gasteiger partial charge is 0.363 e. The molecule has 0 aliphatic carbocycles. The van der Waals surface area contributed by atoms with Gasteiger partial charge in [-0.3, -0.25) is 4.79 Å². The number of halogens is 1. The molecule has 0 unspecified atom stereocenters. The standard InChI is InChI=1S/C20H25FN4OS/c1-4-16-18(27-23-22-16)19(26)24-9-8-17-13(12-24)11-20(2,3)25(17)15-7-5-6-14(21)10-15/h5-7,10,13,17H,4,8-9,11-12H2,1-3H3/t13-,17+/m1/s1. The number of fused-ring (bicyclic) bond motifs is 1. The van der Waals surface area contributed by atoms with Crippen molar-refractivity contribution >= 4 is 23.1 Å². The van der Waals surface area contributed by atoms with E-state index >= 15 is 0 Å². The molecule has 0 saturated carbocycles. The van der Waals surface area contributed by atoms with Gasteiger partial charge in [0.05, 0.1) is 5.69 Å². The van der Waals surface area contributed by atoms with Crippen molar-refractivity contribution in [2.75, 3.05) is 18.0 Å². The number of piperidine rings is 1. The van der Waals surface area contributed by atoms with Crippen LogP contribution in [0.3, 0.4) is 0 Å². The van der Waals surface area contributed by atoms with Crippen LogP contribution in [0.4, 0.5) is 10.1 Å². The summed E-state index contributed by atoms with van der Waals surface area (Å²) in [4.78, 5) is 18.0. The first-order valence-electron chi connectivity index (χ1n) is 9.56. The zero-order chi connectivity index (χ0) is 19.2. The maximum Gasteiger partial charge on any atom is 0.267 e. The van der Waals surface area contributed by atoms with Crippen LogP contribution in [0, 0.1) is 11.7 Å². The Morgan fingerprint density at radius 2 is 2.22 bits per heavy atom. The van der Waals surface area contributed by atoms with E-state index in [1.165, 1.54) is 17.6 Å². The van der Waals surface area contributed by atoms with Gasteiger partial charge in [0.15, 0.2) is 0 Å². The Labute approximate surface area is 163 Å². The Kier molecular flexibility index (Phi) is 4.66. The number of benzene rings is 1. The fraction of sp³-hybridized carbons (Fsp3) is 0.550. The summed E-state index contributed by atoms with van der Waals surface area (Å²) in [5.74, 6) is 0.235. The van der Waals surface area contributed by atoms with Gasteiger partial charge in [0.2, 0.25) is 0 Å². The molecule has 0 N–H and O–H groups in total. The molecule has 1 aromatic heterocycles. The topological polar surface area (TPSA) is 49.3 Å². The summed E-state index contributed by atoms with van der Waals surface area (Å²) in [6, 6.07) is 7.20. The second-order valence-electron chi connectivity index (χ2n) is 8.14. The van der Waals surface area contributed by atoms with Crippen LogP contribution < -0.4 is 4.90 Å². The van der Waals surface area contributed by atoms with Gasteiger partial charge in [0, 0.05) is 30.4 Å². The number of anilines is 1. The summed E-state index contributed by atoms with van der Waals surface area (Å²) in [5, 5.41) is 4.08. The van der Waals surface area contributed by atoms with Gasteiger partial charge in [-0.25, -0.2) is 4.39 Å². The lowest BCUT2D eigenvalue weighted by molar-refractivity contribution is 0.0671. The molecular formula is C20H25FN4OS. The number of hydrogen-bond donors (Lipinski definition) is 0. The third-order valence-electron chi connectivity index (χ3n) is 5.90. The van der Waals surface area contributed by atoms with Crippen molar-refractivity contribution in [3.8, 4) is 0 Å². The van der Waals surface area contributed by atoms with E-state index in [0.29, 0.717) is 23.4 Å². The van der Waals surface area contributed by atoms with Gasteiger partial charge in [-0.05, 0) is 68.8 Å². The first-order chi connectivity index (χ1) is 12.9. The third-order valence-corrected chi connectivity index (χ3v) is 6.65. The molecule has 0 radical (unpaired) electrons. The molecule has 2 aliphatic heterocycles. The smallest absolute Gasteiger partial charge is 0.267 e. The molecule has 2 fully saturated rings. The Morgan fingerprint density at radius 3 is 2.96 bits per heavy atom. The van der Waals surface area contributed by atoms with E-state index in [1.807, 2.05) is 17.9 Å². The van der Waals surface area contributed by atoms with Crippen LogP contribution >= 0.6 is 11.5 Å². The van der Waals surface area contributed by atoms with Crippen LogP contribution in [0.2, 0.25) is 0 Å². The number of carbonyl (C=O) groups excluding carboxylic acids is 1. The molecule has 27 heavy (non-hydrogen) atoms. The van der Waals surface area contributed by atoms with Gasteiger partial charge in [-0.1, -0.05) is 17.5 Å². The third kappa shape index (κ3) is 3.22. The molecule has 7 heteroatoms. The Hall–Kier alpha value is -2.02. The van der Waals surface area contributed by atoms with E-state index in [9.17, 15) is 9.18 Å². The average Bonchev–Trinajstić information content (AvgIpc) is 3.20. The van der Waals surface area contributed by atoms with E-state index in [4.69, 9.17) is 0 Å². The lowest BCUT2D eigenvalue weighted by Crippen LogP contribution is -2.50. The minimum absolute atomic E-state index is 0.0577. The summed E-state index contributed by atoms with van der Waals surface area (Å²) in [6.07, 6.45) is 2.60. The fourth-order valence-electron chi connectivity index (χ4n) is 4.85. The van der Waals surface area contributed by atoms with Crippen LogP contribution in [0.1, 0.15) is 49.0 Å². The summed E-state index contributed by atoms with van der Waals surface area (Å²) >= 11 is 1.20. The summed E-state index contributed by atoms with van der Waals surface area (Å²) in [7, 11) is 0. The number of hydrogen-bond acceptors (Lipinski definition) is 5. The second-order valence-corrected chi connectivity index (χ2v) is 8.89. The highest BCUT2D eigenvalue weighted by Crippen LogP contribution is 2.45. The van der Waals surface area contributed by atoms with Crippen molar-refractivity contribution < 1.29 is 9.18 Å². The van der Waals surface area contributed by atoms with E-state index in [0.717, 1.165) is 37.2 Å². The molecule has 1 amide bonds. The van der Waals surface area contributed by atoms with Gasteiger partial charge < -0.3 is 9.80 Å². The first-order valence-corrected chi connectivity index (χ1v) is 10.3. The van der Waals surface area contributed by atoms with Crippen molar-refractivity contribution in [2.45, 2.75) is 51.6 Å². The van der Waals surface area contributed by atoms with Crippen LogP contribution in [-0.4, -0.2) is 45.1 Å². The zero-order valence-corrected chi connectivity index (χ0v) is 16.8. The molecule has 0 spiro atoms. The van der Waals surface area contributed by atoms with Crippen molar-refractivity contribution in [1.82, 2.24) is 14.5 Å². The molecule has 3 heterocycles. The van der Waals surface area contributed by atoms with Crippen molar-refractivity contribution in [2.24, 2.45) is 5.92 Å². The number of aryl methyl sites for hydroxylation is 1. The highest BCUT2D eigenvalue weighted by molar-refractivity contribution is 7.08. The van der Waals surface area contributed by atoms with E-state index in [-0.39, 0.29) is 17.3 Å². The van der Waals surface area contributed by atoms with Crippen molar-refractivity contribution in [3.63, 3.8) is 0 Å². The summed E-state index contributed by atoms with van der Waals surface area (Å²) in [6.45, 7) is 7.87. The van der Waals surface area contributed by atoms with E-state index in [1.54, 1.807) is 12.1 Å². The first kappa shape index (κ1) is 18.3. The lowest BCUT2D eigenvalue weighted by atomic mass is 9.89. The van der Waals surface area contributed by atoms with Crippen LogP contribution in [-0.2, 0) is 6.42 Å². The van der Waals surface area contributed by atoms with E-state index in [2.05, 4.69) is 28.3 Å². The molecule has 2 saturated heterocycles. The van der Waals surface area contributed by atoms with E-state index < -0.39 is 0 Å². The molecule has 144 valence electrons. The van der Waals surface area contributed by atoms with Gasteiger partial charge in [-0.15, -0.1) is 5.10 Å². The van der Waals surface area contributed by atoms with Crippen LogP contribution in [0.15, 0.2) is 24.3 Å². The number of aromatic nitrogens is 2. The van der Waals surface area contributed by atoms with Crippen molar-refractivity contribution in [3.05, 3.63) is 40.7 Å². The number of amides is 1. The lowest BCUT2D eigenvalue weighted by Gasteiger charge is -2.41. The number of rotatable bonds is 3. The van der Waals surface area contributed by atoms with Crippen molar-refractivity contribution in [1.29, 1.82) is 0 Å². The molecule has 1 aromatic carbocycles. The minimum atomic E-state index is -0.204. The number of nitrogens with zero attached hydrogens (tertiary/aromatic N) is 4. The zero-order valence-electron chi connectivity index (χ0n) is 16.0. The number of likely N-dealkylation sites (tertiary alicyclic amines) is 1. The summed E-state index contributed by atoms with van der Waals surface area (Å²) in [5.41, 5.74) is 1.66. The summed E-state index contributed by atoms with van der Waals surface area (Å²) < 4.78 is 17.8. The quantitative estimate of drug-likeness (QED) is 0.803. The molecule has 2 aliphatic rings. The Bertz CT molecular complexity index is 852. The molecular weight excluding hydrogens is 363 g/mol. The van der Waals surface area contributed by atoms with Gasteiger partial charge in [-0.2, -0.15) is 0 Å². The van der Waals surface area contributed by atoms with Gasteiger partial charge in [0.1, 0.15) is 10.7 Å². The Morgan fingerprint density at radius 1 is 1.41 bits per heavy atom. The maximum absolute atomic E-state index is 13.8. The highest BCUT2D eigenvalue weighted by atomic mass is 32.1. The van der Waals surface area contributed by atoms with Gasteiger partial charge >= 0.3 is 0 Å². The number of carbonyl (C=O) groups is 1. The van der Waals surface area contributed by atoms with Crippen LogP contribution in [0.25, 0.3) is 0 Å². The average molecular weight is 389 g/mol. The predicted molar refractivity (Wildman–Crippen MR) is 105 cm³/mol. The molecule has 4 rings (SSSR count). The SMILES string of the molecule is CCc1nnsc1C(=O)N1CC[C@H]2[C@@H](C1)CC(C)(C)N2c1cccc(F)c1. The monoisotopic (exact) mass is 388 g/mol. The fourth-order valence-corrected chi connectivity index (χ4v) is 5.57. The minimum Gasteiger partial charge on any atom is -0.363 e. The maximum atomic E-state index is 13.8.